The normalized spacial score (nSPS) is 14.1. The van der Waals surface area contributed by atoms with Crippen molar-refractivity contribution >= 4 is 10.8 Å². The second kappa shape index (κ2) is 6.61. The molecular weight excluding hydrogens is 238 g/mol. The van der Waals surface area contributed by atoms with E-state index in [1.807, 2.05) is 25.1 Å². The van der Waals surface area contributed by atoms with E-state index in [-0.39, 0.29) is 6.04 Å². The lowest BCUT2D eigenvalue weighted by molar-refractivity contribution is 0.354. The van der Waals surface area contributed by atoms with Crippen LogP contribution in [0.4, 0.5) is 0 Å². The summed E-state index contributed by atoms with van der Waals surface area (Å²) in [5.74, 6) is 2.33. The molecule has 0 aromatic heterocycles. The molecule has 2 N–H and O–H groups in total. The highest BCUT2D eigenvalue weighted by Gasteiger charge is 2.08. The Balaban J connectivity index is 2.75. The Morgan fingerprint density at radius 3 is 2.47 bits per heavy atom. The standard InChI is InChI=1S/C12H19NO3S/c1-9(13)7-17(14)8-10-4-5-11(15-2)12(6-10)16-3/h4-6,9H,7-8,13H2,1-3H3. The van der Waals surface area contributed by atoms with E-state index in [9.17, 15) is 4.21 Å². The minimum absolute atomic E-state index is 0.0454. The fourth-order valence-corrected chi connectivity index (χ4v) is 2.76. The third-order valence-corrected chi connectivity index (χ3v) is 3.78. The first-order chi connectivity index (χ1) is 8.06. The lowest BCUT2D eigenvalue weighted by atomic mass is 10.2. The van der Waals surface area contributed by atoms with Gasteiger partial charge in [0.15, 0.2) is 11.5 Å². The molecule has 96 valence electrons. The third kappa shape index (κ3) is 4.36. The van der Waals surface area contributed by atoms with Gasteiger partial charge in [-0.1, -0.05) is 6.07 Å². The van der Waals surface area contributed by atoms with Gasteiger partial charge in [0, 0.05) is 28.3 Å². The van der Waals surface area contributed by atoms with Crippen LogP contribution in [0.1, 0.15) is 12.5 Å². The molecule has 2 atom stereocenters. The zero-order valence-corrected chi connectivity index (χ0v) is 11.3. The highest BCUT2D eigenvalue weighted by Crippen LogP contribution is 2.27. The van der Waals surface area contributed by atoms with E-state index >= 15 is 0 Å². The Kier molecular flexibility index (Phi) is 5.44. The van der Waals surface area contributed by atoms with E-state index in [1.165, 1.54) is 0 Å². The summed E-state index contributed by atoms with van der Waals surface area (Å²) in [6, 6.07) is 5.51. The summed E-state index contributed by atoms with van der Waals surface area (Å²) in [7, 11) is 2.23. The molecule has 0 fully saturated rings. The average Bonchev–Trinajstić information content (AvgIpc) is 2.27. The van der Waals surface area contributed by atoms with Crippen molar-refractivity contribution in [3.05, 3.63) is 23.8 Å². The van der Waals surface area contributed by atoms with Crippen molar-refractivity contribution in [3.63, 3.8) is 0 Å². The molecule has 0 bridgehead atoms. The highest BCUT2D eigenvalue weighted by molar-refractivity contribution is 7.84. The Morgan fingerprint density at radius 2 is 1.94 bits per heavy atom. The fourth-order valence-electron chi connectivity index (χ4n) is 1.51. The first-order valence-electron chi connectivity index (χ1n) is 5.38. The summed E-state index contributed by atoms with van der Waals surface area (Å²) in [6.07, 6.45) is 0. The van der Waals surface area contributed by atoms with Crippen LogP contribution < -0.4 is 15.2 Å². The number of benzene rings is 1. The second-order valence-electron chi connectivity index (χ2n) is 3.92. The molecule has 0 aliphatic carbocycles. The number of rotatable bonds is 6. The predicted molar refractivity (Wildman–Crippen MR) is 69.9 cm³/mol. The molecule has 0 aliphatic rings. The van der Waals surface area contributed by atoms with Crippen LogP contribution in [0, 0.1) is 0 Å². The topological polar surface area (TPSA) is 61.5 Å². The molecule has 0 heterocycles. The minimum atomic E-state index is -0.941. The van der Waals surface area contributed by atoms with Crippen molar-refractivity contribution < 1.29 is 13.7 Å². The SMILES string of the molecule is COc1ccc(CS(=O)CC(C)N)cc1OC. The largest absolute Gasteiger partial charge is 0.493 e. The number of nitrogens with two attached hydrogens (primary N) is 1. The van der Waals surface area contributed by atoms with Crippen molar-refractivity contribution in [2.24, 2.45) is 5.73 Å². The monoisotopic (exact) mass is 257 g/mol. The van der Waals surface area contributed by atoms with Gasteiger partial charge in [-0.2, -0.15) is 0 Å². The Bertz CT molecular complexity index is 393. The van der Waals surface area contributed by atoms with Gasteiger partial charge in [-0.25, -0.2) is 0 Å². The molecule has 0 amide bonds. The maximum atomic E-state index is 11.7. The molecule has 1 aromatic rings. The van der Waals surface area contributed by atoms with Crippen LogP contribution in [0.15, 0.2) is 18.2 Å². The minimum Gasteiger partial charge on any atom is -0.493 e. The molecular formula is C12H19NO3S. The molecule has 1 rings (SSSR count). The predicted octanol–water partition coefficient (Wildman–Crippen LogP) is 1.30. The average molecular weight is 257 g/mol. The molecule has 0 radical (unpaired) electrons. The summed E-state index contributed by atoms with van der Waals surface area (Å²) in [5, 5.41) is 0. The number of hydrogen-bond acceptors (Lipinski definition) is 4. The zero-order chi connectivity index (χ0) is 12.8. The van der Waals surface area contributed by atoms with Gasteiger partial charge >= 0.3 is 0 Å². The molecule has 2 unspecified atom stereocenters. The molecule has 0 saturated carbocycles. The summed E-state index contributed by atoms with van der Waals surface area (Å²) >= 11 is 0. The third-order valence-electron chi connectivity index (χ3n) is 2.22. The van der Waals surface area contributed by atoms with Crippen LogP contribution in [-0.2, 0) is 16.6 Å². The summed E-state index contributed by atoms with van der Waals surface area (Å²) < 4.78 is 22.1. The van der Waals surface area contributed by atoms with Gasteiger partial charge in [0.25, 0.3) is 0 Å². The van der Waals surface area contributed by atoms with Gasteiger partial charge in [-0.15, -0.1) is 0 Å². The maximum Gasteiger partial charge on any atom is 0.161 e. The van der Waals surface area contributed by atoms with E-state index in [4.69, 9.17) is 15.2 Å². The first kappa shape index (κ1) is 14.0. The van der Waals surface area contributed by atoms with Gasteiger partial charge in [-0.05, 0) is 24.6 Å². The zero-order valence-electron chi connectivity index (χ0n) is 10.4. The van der Waals surface area contributed by atoms with Gasteiger partial charge in [0.2, 0.25) is 0 Å². The van der Waals surface area contributed by atoms with Crippen LogP contribution >= 0.6 is 0 Å². The maximum absolute atomic E-state index is 11.7. The molecule has 1 aromatic carbocycles. The fraction of sp³-hybridized carbons (Fsp3) is 0.500. The summed E-state index contributed by atoms with van der Waals surface area (Å²) in [5.41, 5.74) is 6.57. The van der Waals surface area contributed by atoms with Crippen molar-refractivity contribution in [1.82, 2.24) is 0 Å². The van der Waals surface area contributed by atoms with Gasteiger partial charge < -0.3 is 15.2 Å². The van der Waals surface area contributed by atoms with Crippen LogP contribution in [0.3, 0.4) is 0 Å². The van der Waals surface area contributed by atoms with Crippen LogP contribution in [0.2, 0.25) is 0 Å². The van der Waals surface area contributed by atoms with Crippen molar-refractivity contribution in [3.8, 4) is 11.5 Å². The Hall–Kier alpha value is -1.07. The Morgan fingerprint density at radius 1 is 1.29 bits per heavy atom. The Labute approximate surface area is 105 Å². The quantitative estimate of drug-likeness (QED) is 0.834. The van der Waals surface area contributed by atoms with Crippen LogP contribution in [0.25, 0.3) is 0 Å². The van der Waals surface area contributed by atoms with Crippen molar-refractivity contribution in [2.45, 2.75) is 18.7 Å². The molecule has 17 heavy (non-hydrogen) atoms. The molecule has 4 nitrogen and oxygen atoms in total. The van der Waals surface area contributed by atoms with E-state index in [1.54, 1.807) is 14.2 Å². The lowest BCUT2D eigenvalue weighted by Crippen LogP contribution is -2.23. The van der Waals surface area contributed by atoms with E-state index < -0.39 is 10.8 Å². The van der Waals surface area contributed by atoms with Crippen LogP contribution in [-0.4, -0.2) is 30.2 Å². The lowest BCUT2D eigenvalue weighted by Gasteiger charge is -2.10. The summed E-state index contributed by atoms with van der Waals surface area (Å²) in [4.78, 5) is 0. The number of hydrogen-bond donors (Lipinski definition) is 1. The number of methoxy groups -OCH3 is 2. The van der Waals surface area contributed by atoms with E-state index in [0.29, 0.717) is 23.0 Å². The van der Waals surface area contributed by atoms with E-state index in [0.717, 1.165) is 5.56 Å². The molecule has 0 saturated heterocycles. The molecule has 5 heteroatoms. The van der Waals surface area contributed by atoms with Crippen molar-refractivity contribution in [1.29, 1.82) is 0 Å². The van der Waals surface area contributed by atoms with Gasteiger partial charge in [0.05, 0.1) is 14.2 Å². The first-order valence-corrected chi connectivity index (χ1v) is 6.87. The van der Waals surface area contributed by atoms with Gasteiger partial charge in [-0.3, -0.25) is 4.21 Å². The smallest absolute Gasteiger partial charge is 0.161 e. The molecule has 0 spiro atoms. The van der Waals surface area contributed by atoms with Crippen LogP contribution in [0.5, 0.6) is 11.5 Å². The second-order valence-corrected chi connectivity index (χ2v) is 5.42. The van der Waals surface area contributed by atoms with Gasteiger partial charge in [0.1, 0.15) is 0 Å². The van der Waals surface area contributed by atoms with E-state index in [2.05, 4.69) is 0 Å². The van der Waals surface area contributed by atoms with Crippen molar-refractivity contribution in [2.75, 3.05) is 20.0 Å². The molecule has 0 aliphatic heterocycles. The summed E-state index contributed by atoms with van der Waals surface area (Å²) in [6.45, 7) is 1.85. The number of ether oxygens (including phenoxy) is 2. The highest BCUT2D eigenvalue weighted by atomic mass is 32.2.